The maximum atomic E-state index is 5.69. The van der Waals surface area contributed by atoms with Crippen molar-refractivity contribution in [2.24, 2.45) is 0 Å². The van der Waals surface area contributed by atoms with Crippen LogP contribution in [0.25, 0.3) is 0 Å². The average molecular weight is 230 g/mol. The molecule has 0 aliphatic heterocycles. The molecule has 1 heterocycles. The number of hydrogen-bond acceptors (Lipinski definition) is 4. The zero-order valence-corrected chi connectivity index (χ0v) is 9.63. The second-order valence-electron chi connectivity index (χ2n) is 3.16. The van der Waals surface area contributed by atoms with Crippen LogP contribution in [-0.2, 0) is 4.74 Å². The maximum Gasteiger partial charge on any atom is 0.153 e. The fraction of sp³-hybridized carbons (Fsp3) is 0.600. The molecule has 0 bridgehead atoms. The first-order valence-corrected chi connectivity index (χ1v) is 5.50. The topological polar surface area (TPSA) is 47.0 Å². The van der Waals surface area contributed by atoms with Gasteiger partial charge in [-0.15, -0.1) is 5.10 Å². The number of ether oxygens (including phenoxy) is 1. The van der Waals surface area contributed by atoms with E-state index in [0.717, 1.165) is 38.3 Å². The van der Waals surface area contributed by atoms with Crippen molar-refractivity contribution >= 4 is 17.3 Å². The van der Waals surface area contributed by atoms with Crippen LogP contribution in [0.4, 0.5) is 5.69 Å². The van der Waals surface area contributed by atoms with Gasteiger partial charge in [-0.1, -0.05) is 18.5 Å². The molecule has 0 aliphatic rings. The van der Waals surface area contributed by atoms with Crippen LogP contribution >= 0.6 is 11.6 Å². The lowest BCUT2D eigenvalue weighted by Gasteiger charge is -2.05. The molecule has 4 nitrogen and oxygen atoms in total. The first kappa shape index (κ1) is 12.2. The summed E-state index contributed by atoms with van der Waals surface area (Å²) in [6.45, 7) is 4.57. The minimum Gasteiger partial charge on any atom is -0.384 e. The Morgan fingerprint density at radius 3 is 3.07 bits per heavy atom. The van der Waals surface area contributed by atoms with Crippen LogP contribution in [0.15, 0.2) is 12.3 Å². The number of rotatable bonds is 7. The average Bonchev–Trinajstić information content (AvgIpc) is 2.23. The number of aromatic nitrogens is 2. The minimum absolute atomic E-state index is 0.405. The Morgan fingerprint density at radius 1 is 1.47 bits per heavy atom. The molecule has 1 aromatic heterocycles. The van der Waals surface area contributed by atoms with Crippen LogP contribution in [0, 0.1) is 0 Å². The van der Waals surface area contributed by atoms with E-state index in [1.807, 2.05) is 0 Å². The molecule has 1 rings (SSSR count). The van der Waals surface area contributed by atoms with E-state index in [1.54, 1.807) is 12.3 Å². The number of nitrogens with zero attached hydrogens (tertiary/aromatic N) is 2. The van der Waals surface area contributed by atoms with Crippen LogP contribution in [0.3, 0.4) is 0 Å². The fourth-order valence-electron chi connectivity index (χ4n) is 1.09. The van der Waals surface area contributed by atoms with Gasteiger partial charge in [0.15, 0.2) is 5.15 Å². The van der Waals surface area contributed by atoms with E-state index in [0.29, 0.717) is 5.15 Å². The highest BCUT2D eigenvalue weighted by molar-refractivity contribution is 6.29. The van der Waals surface area contributed by atoms with Crippen LogP contribution in [-0.4, -0.2) is 30.0 Å². The normalized spacial score (nSPS) is 10.3. The van der Waals surface area contributed by atoms with Crippen LogP contribution < -0.4 is 5.32 Å². The molecule has 0 spiro atoms. The second kappa shape index (κ2) is 7.43. The lowest BCUT2D eigenvalue weighted by molar-refractivity contribution is 0.134. The van der Waals surface area contributed by atoms with Crippen molar-refractivity contribution in [1.29, 1.82) is 0 Å². The summed E-state index contributed by atoms with van der Waals surface area (Å²) in [7, 11) is 0. The van der Waals surface area contributed by atoms with Gasteiger partial charge in [-0.05, 0) is 12.8 Å². The molecule has 0 fully saturated rings. The number of anilines is 1. The Labute approximate surface area is 95.0 Å². The maximum absolute atomic E-state index is 5.69. The van der Waals surface area contributed by atoms with Gasteiger partial charge >= 0.3 is 0 Å². The van der Waals surface area contributed by atoms with E-state index in [9.17, 15) is 0 Å². The largest absolute Gasteiger partial charge is 0.384 e. The summed E-state index contributed by atoms with van der Waals surface area (Å²) >= 11 is 5.69. The van der Waals surface area contributed by atoms with Crippen LogP contribution in [0.5, 0.6) is 0 Å². The molecule has 5 heteroatoms. The predicted molar refractivity (Wildman–Crippen MR) is 61.3 cm³/mol. The SMILES string of the molecule is CCCOCCCNc1cnnc(Cl)c1. The van der Waals surface area contributed by atoms with Gasteiger partial charge in [0.05, 0.1) is 11.9 Å². The highest BCUT2D eigenvalue weighted by atomic mass is 35.5. The van der Waals surface area contributed by atoms with Gasteiger partial charge in [0.25, 0.3) is 0 Å². The van der Waals surface area contributed by atoms with Crippen molar-refractivity contribution in [2.75, 3.05) is 25.1 Å². The van der Waals surface area contributed by atoms with Crippen molar-refractivity contribution in [3.8, 4) is 0 Å². The van der Waals surface area contributed by atoms with E-state index in [2.05, 4.69) is 22.4 Å². The summed E-state index contributed by atoms with van der Waals surface area (Å²) in [6.07, 6.45) is 3.69. The van der Waals surface area contributed by atoms with Gasteiger partial charge in [0, 0.05) is 25.8 Å². The summed E-state index contributed by atoms with van der Waals surface area (Å²) in [4.78, 5) is 0. The third-order valence-corrected chi connectivity index (χ3v) is 1.95. The first-order valence-electron chi connectivity index (χ1n) is 5.12. The molecule has 84 valence electrons. The summed E-state index contributed by atoms with van der Waals surface area (Å²) in [5.41, 5.74) is 0.894. The van der Waals surface area contributed by atoms with Gasteiger partial charge in [-0.2, -0.15) is 5.10 Å². The van der Waals surface area contributed by atoms with E-state index >= 15 is 0 Å². The van der Waals surface area contributed by atoms with E-state index < -0.39 is 0 Å². The van der Waals surface area contributed by atoms with Gasteiger partial charge < -0.3 is 10.1 Å². The molecular formula is C10H16ClN3O. The monoisotopic (exact) mass is 229 g/mol. The lowest BCUT2D eigenvalue weighted by Crippen LogP contribution is -2.06. The summed E-state index contributed by atoms with van der Waals surface area (Å²) in [6, 6.07) is 1.75. The molecule has 1 N–H and O–H groups in total. The van der Waals surface area contributed by atoms with Crippen LogP contribution in [0.1, 0.15) is 19.8 Å². The highest BCUT2D eigenvalue weighted by Crippen LogP contribution is 2.09. The third-order valence-electron chi connectivity index (χ3n) is 1.77. The Balaban J connectivity index is 2.10. The third kappa shape index (κ3) is 5.54. The summed E-state index contributed by atoms with van der Waals surface area (Å²) < 4.78 is 5.35. The molecule has 0 saturated carbocycles. The number of halogens is 1. The summed E-state index contributed by atoms with van der Waals surface area (Å²) in [5, 5.41) is 11.0. The Kier molecular flexibility index (Phi) is 6.04. The standard InChI is InChI=1S/C10H16ClN3O/c1-2-5-15-6-3-4-12-9-7-10(11)14-13-8-9/h7-8H,2-6H2,1H3,(H,12,14). The molecule has 0 amide bonds. The second-order valence-corrected chi connectivity index (χ2v) is 3.55. The predicted octanol–water partition coefficient (Wildman–Crippen LogP) is 2.36. The Morgan fingerprint density at radius 2 is 2.33 bits per heavy atom. The first-order chi connectivity index (χ1) is 7.33. The van der Waals surface area contributed by atoms with Crippen molar-refractivity contribution in [1.82, 2.24) is 10.2 Å². The van der Waals surface area contributed by atoms with E-state index in [1.165, 1.54) is 0 Å². The van der Waals surface area contributed by atoms with Crippen molar-refractivity contribution < 1.29 is 4.74 Å². The summed E-state index contributed by atoms with van der Waals surface area (Å²) in [5.74, 6) is 0. The molecule has 0 radical (unpaired) electrons. The molecular weight excluding hydrogens is 214 g/mol. The zero-order valence-electron chi connectivity index (χ0n) is 8.87. The van der Waals surface area contributed by atoms with E-state index in [4.69, 9.17) is 16.3 Å². The molecule has 0 aromatic carbocycles. The number of nitrogens with one attached hydrogen (secondary N) is 1. The van der Waals surface area contributed by atoms with Gasteiger partial charge in [-0.3, -0.25) is 0 Å². The molecule has 0 unspecified atom stereocenters. The quantitative estimate of drug-likeness (QED) is 0.730. The molecule has 0 saturated heterocycles. The lowest BCUT2D eigenvalue weighted by atomic mass is 10.4. The molecule has 0 atom stereocenters. The highest BCUT2D eigenvalue weighted by Gasteiger charge is 1.94. The van der Waals surface area contributed by atoms with Crippen molar-refractivity contribution in [2.45, 2.75) is 19.8 Å². The smallest absolute Gasteiger partial charge is 0.153 e. The Hall–Kier alpha value is -0.870. The van der Waals surface area contributed by atoms with E-state index in [-0.39, 0.29) is 0 Å². The Bertz CT molecular complexity index is 283. The number of hydrogen-bond donors (Lipinski definition) is 1. The van der Waals surface area contributed by atoms with Crippen molar-refractivity contribution in [3.63, 3.8) is 0 Å². The van der Waals surface area contributed by atoms with Gasteiger partial charge in [0.2, 0.25) is 0 Å². The van der Waals surface area contributed by atoms with Gasteiger partial charge in [-0.25, -0.2) is 0 Å². The minimum atomic E-state index is 0.405. The van der Waals surface area contributed by atoms with Gasteiger partial charge in [0.1, 0.15) is 0 Å². The fourth-order valence-corrected chi connectivity index (χ4v) is 1.25. The molecule has 1 aromatic rings. The molecule has 15 heavy (non-hydrogen) atoms. The molecule has 0 aliphatic carbocycles. The zero-order chi connectivity index (χ0) is 10.9. The van der Waals surface area contributed by atoms with Crippen LogP contribution in [0.2, 0.25) is 5.15 Å². The van der Waals surface area contributed by atoms with Crippen molar-refractivity contribution in [3.05, 3.63) is 17.4 Å².